The highest BCUT2D eigenvalue weighted by molar-refractivity contribution is 5.97. The molecule has 0 aliphatic carbocycles. The van der Waals surface area contributed by atoms with E-state index in [1.165, 1.54) is 39.2 Å². The number of rotatable bonds is 13. The van der Waals surface area contributed by atoms with E-state index in [1.807, 2.05) is 36.4 Å². The predicted octanol–water partition coefficient (Wildman–Crippen LogP) is 4.97. The number of methoxy groups -OCH3 is 2. The number of halogens is 1. The number of esters is 2. The number of carbonyl (C=O) groups is 4. The Kier molecular flexibility index (Phi) is 26.1. The van der Waals surface area contributed by atoms with Crippen LogP contribution in [0.2, 0.25) is 0 Å². The number of benzene rings is 4. The van der Waals surface area contributed by atoms with Crippen molar-refractivity contribution in [1.82, 2.24) is 15.1 Å². The third-order valence-corrected chi connectivity index (χ3v) is 10.6. The molecule has 2 aliphatic heterocycles. The third-order valence-electron chi connectivity index (χ3n) is 10.6. The number of allylic oxidation sites excluding steroid dienone is 2. The van der Waals surface area contributed by atoms with E-state index in [0.717, 1.165) is 87.9 Å². The zero-order chi connectivity index (χ0) is 52.7. The topological polar surface area (TPSA) is 210 Å². The van der Waals surface area contributed by atoms with Crippen LogP contribution in [0.15, 0.2) is 109 Å². The van der Waals surface area contributed by atoms with Gasteiger partial charge in [0.05, 0.1) is 66.9 Å². The summed E-state index contributed by atoms with van der Waals surface area (Å²) in [6, 6.07) is 28.1. The van der Waals surface area contributed by atoms with Crippen molar-refractivity contribution in [3.05, 3.63) is 154 Å². The molecule has 4 atom stereocenters. The van der Waals surface area contributed by atoms with Gasteiger partial charge >= 0.3 is 17.9 Å². The Balaban J connectivity index is 0.000000317. The maximum atomic E-state index is 12.4. The van der Waals surface area contributed by atoms with Gasteiger partial charge in [0.15, 0.2) is 6.04 Å². The summed E-state index contributed by atoms with van der Waals surface area (Å²) in [7, 11) is 1.43. The molecule has 0 aromatic heterocycles. The molecule has 2 fully saturated rings. The van der Waals surface area contributed by atoms with E-state index in [2.05, 4.69) is 72.5 Å². The first-order chi connectivity index (χ1) is 34.7. The minimum atomic E-state index is -1.12. The number of hydrogen-bond acceptors (Lipinski definition) is 13. The van der Waals surface area contributed by atoms with Crippen LogP contribution in [-0.2, 0) is 41.6 Å². The number of carboxylic acids is 1. The summed E-state index contributed by atoms with van der Waals surface area (Å²) in [5.74, 6) is 9.60. The van der Waals surface area contributed by atoms with Gasteiger partial charge in [-0.2, -0.15) is 0 Å². The molecule has 2 saturated heterocycles. The van der Waals surface area contributed by atoms with Gasteiger partial charge in [-0.1, -0.05) is 72.2 Å². The molecule has 0 bridgehead atoms. The van der Waals surface area contributed by atoms with E-state index in [4.69, 9.17) is 26.8 Å². The number of amides is 1. The monoisotopic (exact) mass is 977 g/mol. The fraction of sp³-hybridized carbons (Fsp3) is 0.345. The number of aromatic carboxylic acids is 1. The van der Waals surface area contributed by atoms with E-state index in [9.17, 15) is 28.7 Å². The van der Waals surface area contributed by atoms with Crippen LogP contribution in [0.5, 0.6) is 0 Å². The summed E-state index contributed by atoms with van der Waals surface area (Å²) in [5.41, 5.74) is 12.1. The summed E-state index contributed by atoms with van der Waals surface area (Å²) in [6.45, 7) is 11.8. The largest absolute Gasteiger partial charge is 0.478 e. The van der Waals surface area contributed by atoms with Crippen molar-refractivity contribution in [1.29, 1.82) is 0 Å². The second-order valence-electron chi connectivity index (χ2n) is 15.9. The highest BCUT2D eigenvalue weighted by Gasteiger charge is 2.27. The van der Waals surface area contributed by atoms with Gasteiger partial charge in [-0.25, -0.2) is 9.59 Å². The molecule has 71 heavy (non-hydrogen) atoms. The minimum absolute atomic E-state index is 0.283. The van der Waals surface area contributed by atoms with Gasteiger partial charge in [0.1, 0.15) is 6.04 Å². The first-order valence-electron chi connectivity index (χ1n) is 23.4. The fourth-order valence-electron chi connectivity index (χ4n) is 6.49. The maximum Gasteiger partial charge on any atom is 0.335 e. The lowest BCUT2D eigenvalue weighted by atomic mass is 10.1. The quantitative estimate of drug-likeness (QED) is 0.0886. The normalized spacial score (nSPS) is 15.3. The SMILES string of the molecule is COC(=O)[C@@H](N)[C@@H](C)O.COC(=O)[C@@H](NC(=O)c1ccc(/C=C\C#Cc2ccc(CN3CCOCC3)cc2)cc1)[C@@H](C)O.O=C(O)c1ccc(/C=C\C#Cc2ccc(CN3CCOCC3)cc2)cc1.[2H]CF. The van der Waals surface area contributed by atoms with Gasteiger partial charge in [-0.3, -0.25) is 23.8 Å². The number of hydrogen-bond donors (Lipinski definition) is 5. The number of morpholine rings is 2. The Morgan fingerprint density at radius 3 is 1.42 bits per heavy atom. The molecular formula is C55H65FN4O11. The number of alkyl halides is 1. The number of nitrogens with zero attached hydrogens (tertiary/aromatic N) is 2. The molecule has 0 saturated carbocycles. The van der Waals surface area contributed by atoms with Crippen molar-refractivity contribution in [2.45, 2.75) is 51.2 Å². The molecule has 1 amide bonds. The van der Waals surface area contributed by atoms with Gasteiger partial charge in [-0.05, 0) is 109 Å². The van der Waals surface area contributed by atoms with Crippen LogP contribution in [0.25, 0.3) is 12.2 Å². The maximum absolute atomic E-state index is 12.4. The van der Waals surface area contributed by atoms with Gasteiger partial charge in [0.25, 0.3) is 5.91 Å². The van der Waals surface area contributed by atoms with Crippen molar-refractivity contribution >= 4 is 36.0 Å². The molecule has 2 heterocycles. The molecule has 2 aliphatic rings. The highest BCUT2D eigenvalue weighted by Crippen LogP contribution is 2.12. The summed E-state index contributed by atoms with van der Waals surface area (Å²) in [5, 5.41) is 29.8. The van der Waals surface area contributed by atoms with Crippen molar-refractivity contribution in [2.75, 3.05) is 74.0 Å². The molecule has 0 spiro atoms. The van der Waals surface area contributed by atoms with Crippen LogP contribution in [0.4, 0.5) is 4.39 Å². The Morgan fingerprint density at radius 1 is 0.690 bits per heavy atom. The lowest BCUT2D eigenvalue weighted by Crippen LogP contribution is -2.48. The van der Waals surface area contributed by atoms with E-state index in [1.54, 1.807) is 60.7 Å². The molecule has 6 rings (SSSR count). The zero-order valence-corrected chi connectivity index (χ0v) is 40.6. The number of aliphatic hydroxyl groups is 2. The van der Waals surface area contributed by atoms with Crippen LogP contribution >= 0.6 is 0 Å². The molecule has 4 aromatic rings. The second-order valence-corrected chi connectivity index (χ2v) is 15.9. The van der Waals surface area contributed by atoms with Crippen molar-refractivity contribution < 1.29 is 59.2 Å². The molecule has 6 N–H and O–H groups in total. The number of nitrogens with two attached hydrogens (primary N) is 1. The Hall–Kier alpha value is -6.99. The van der Waals surface area contributed by atoms with Crippen molar-refractivity contribution in [3.8, 4) is 23.7 Å². The van der Waals surface area contributed by atoms with Gasteiger partial charge in [0.2, 0.25) is 0 Å². The Bertz CT molecular complexity index is 2450. The average Bonchev–Trinajstić information content (AvgIpc) is 3.39. The molecule has 4 aromatic carbocycles. The van der Waals surface area contributed by atoms with E-state index in [0.29, 0.717) is 5.56 Å². The Labute approximate surface area is 417 Å². The highest BCUT2D eigenvalue weighted by atomic mass is 19.1. The molecule has 0 unspecified atom stereocenters. The predicted molar refractivity (Wildman–Crippen MR) is 270 cm³/mol. The lowest BCUT2D eigenvalue weighted by Gasteiger charge is -2.26. The first-order valence-corrected chi connectivity index (χ1v) is 22.7. The Morgan fingerprint density at radius 2 is 1.08 bits per heavy atom. The number of ether oxygens (including phenoxy) is 4. The van der Waals surface area contributed by atoms with Crippen LogP contribution in [0.1, 0.15) is 69.3 Å². The number of carboxylic acid groups (broad SMARTS) is 1. The second kappa shape index (κ2) is 32.8. The van der Waals surface area contributed by atoms with Crippen LogP contribution in [0, 0.1) is 23.7 Å². The molecule has 16 heteroatoms. The van der Waals surface area contributed by atoms with Gasteiger partial charge < -0.3 is 45.3 Å². The molecule has 378 valence electrons. The van der Waals surface area contributed by atoms with E-state index >= 15 is 0 Å². The lowest BCUT2D eigenvalue weighted by molar-refractivity contribution is -0.146. The van der Waals surface area contributed by atoms with Crippen molar-refractivity contribution in [2.24, 2.45) is 5.73 Å². The van der Waals surface area contributed by atoms with E-state index in [-0.39, 0.29) is 5.56 Å². The molecule has 0 radical (unpaired) electrons. The average molecular weight is 978 g/mol. The smallest absolute Gasteiger partial charge is 0.335 e. The zero-order valence-electron chi connectivity index (χ0n) is 41.6. The standard InChI is InChI=1S/C27H30N2O5.C22H21NO3.C5H11NO3.CH3F/c1-20(30)25(27(32)33-2)28-26(31)24-13-11-22(12-14-24)6-4-3-5-21-7-9-23(10-8-21)19-29-15-17-34-18-16-29;24-22(25)21-11-9-19(10-12-21)4-2-1-3-18-5-7-20(8-6-18)17-23-13-15-26-16-14-23;1-3(7)4(6)5(8)9-2;1-2/h4,6-14,20,25,30H,15-19H2,1-2H3,(H,28,31);2,4-12H,13-17H2,(H,24,25);3-4,7H,6H2,1-2H3;1H3/b6-4-;4-2-;;/t20-,25+;;3-,4+;/m1.1./s1/i;;;1D. The van der Waals surface area contributed by atoms with Crippen molar-refractivity contribution in [3.63, 3.8) is 0 Å². The van der Waals surface area contributed by atoms with Crippen LogP contribution in [0.3, 0.4) is 0 Å². The minimum Gasteiger partial charge on any atom is -0.478 e. The summed E-state index contributed by atoms with van der Waals surface area (Å²) in [4.78, 5) is 50.1. The molecular weight excluding hydrogens is 912 g/mol. The fourth-order valence-corrected chi connectivity index (χ4v) is 6.49. The number of nitrogens with one attached hydrogen (secondary N) is 1. The van der Waals surface area contributed by atoms with Gasteiger partial charge in [-0.15, -0.1) is 0 Å². The van der Waals surface area contributed by atoms with E-state index < -0.39 is 55.3 Å². The summed E-state index contributed by atoms with van der Waals surface area (Å²) in [6.07, 6.45) is 5.34. The third kappa shape index (κ3) is 22.1. The summed E-state index contributed by atoms with van der Waals surface area (Å²) < 4.78 is 35.1. The van der Waals surface area contributed by atoms with Gasteiger partial charge in [0, 0.05) is 56.0 Å². The molecule has 15 nitrogen and oxygen atoms in total. The number of carbonyl (C=O) groups excluding carboxylic acids is 3. The summed E-state index contributed by atoms with van der Waals surface area (Å²) >= 11 is 0. The first kappa shape index (κ1) is 56.6. The van der Waals surface area contributed by atoms with Crippen LogP contribution in [-0.4, -0.2) is 147 Å². The number of aliphatic hydroxyl groups excluding tert-OH is 2. The van der Waals surface area contributed by atoms with Crippen LogP contribution < -0.4 is 11.1 Å².